The van der Waals surface area contributed by atoms with Crippen LogP contribution in [-0.2, 0) is 0 Å². The molecule has 1 aromatic heterocycles. The zero-order chi connectivity index (χ0) is 11.4. The lowest BCUT2D eigenvalue weighted by Crippen LogP contribution is -2.20. The van der Waals surface area contributed by atoms with Crippen LogP contribution in [0.4, 0.5) is 5.82 Å². The third kappa shape index (κ3) is 2.48. The summed E-state index contributed by atoms with van der Waals surface area (Å²) in [7, 11) is 1.58. The molecule has 0 aliphatic heterocycles. The summed E-state index contributed by atoms with van der Waals surface area (Å²) in [5.74, 6) is 0.541. The summed E-state index contributed by atoms with van der Waals surface area (Å²) in [6.45, 7) is 0. The molecule has 1 aliphatic carbocycles. The second kappa shape index (κ2) is 4.92. The number of amides is 1. The highest BCUT2D eigenvalue weighted by Gasteiger charge is 2.15. The molecule has 1 amide bonds. The van der Waals surface area contributed by atoms with Crippen LogP contribution in [0, 0.1) is 0 Å². The molecule has 0 spiro atoms. The van der Waals surface area contributed by atoms with E-state index in [1.54, 1.807) is 13.2 Å². The van der Waals surface area contributed by atoms with Gasteiger partial charge in [0.05, 0.1) is 12.4 Å². The van der Waals surface area contributed by atoms with Gasteiger partial charge >= 0.3 is 0 Å². The smallest absolute Gasteiger partial charge is 0.271 e. The Labute approximate surface area is 94.7 Å². The minimum atomic E-state index is -0.208. The van der Waals surface area contributed by atoms with E-state index < -0.39 is 0 Å². The molecule has 0 atom stereocenters. The number of carbonyl (C=O) groups is 1. The van der Waals surface area contributed by atoms with Gasteiger partial charge in [0.2, 0.25) is 0 Å². The van der Waals surface area contributed by atoms with Crippen LogP contribution in [0.3, 0.4) is 0 Å². The predicted molar refractivity (Wildman–Crippen MR) is 61.3 cm³/mol. The zero-order valence-electron chi connectivity index (χ0n) is 9.36. The van der Waals surface area contributed by atoms with Crippen molar-refractivity contribution in [2.45, 2.75) is 31.7 Å². The molecule has 0 unspecified atom stereocenters. The maximum atomic E-state index is 11.2. The van der Waals surface area contributed by atoms with Gasteiger partial charge < -0.3 is 10.6 Å². The van der Waals surface area contributed by atoms with E-state index in [1.807, 2.05) is 0 Å². The Bertz CT molecular complexity index is 357. The third-order valence-corrected chi connectivity index (χ3v) is 2.82. The van der Waals surface area contributed by atoms with Crippen molar-refractivity contribution in [3.8, 4) is 0 Å². The van der Waals surface area contributed by atoms with Crippen LogP contribution in [-0.4, -0.2) is 29.0 Å². The van der Waals surface area contributed by atoms with Gasteiger partial charge in [-0.05, 0) is 12.8 Å². The first-order valence-electron chi connectivity index (χ1n) is 5.60. The Morgan fingerprint density at radius 3 is 2.62 bits per heavy atom. The highest BCUT2D eigenvalue weighted by Crippen LogP contribution is 2.20. The van der Waals surface area contributed by atoms with Crippen molar-refractivity contribution in [3.63, 3.8) is 0 Å². The largest absolute Gasteiger partial charge is 0.366 e. The van der Waals surface area contributed by atoms with Crippen LogP contribution >= 0.6 is 0 Å². The van der Waals surface area contributed by atoms with Crippen molar-refractivity contribution in [1.29, 1.82) is 0 Å². The van der Waals surface area contributed by atoms with Crippen molar-refractivity contribution in [1.82, 2.24) is 15.3 Å². The van der Waals surface area contributed by atoms with Crippen molar-refractivity contribution in [2.24, 2.45) is 0 Å². The monoisotopic (exact) mass is 220 g/mol. The molecule has 0 aromatic carbocycles. The van der Waals surface area contributed by atoms with Gasteiger partial charge in [-0.3, -0.25) is 4.79 Å². The molecule has 2 N–H and O–H groups in total. The van der Waals surface area contributed by atoms with Gasteiger partial charge in [-0.25, -0.2) is 9.97 Å². The molecule has 1 aliphatic rings. The molecule has 5 heteroatoms. The zero-order valence-corrected chi connectivity index (χ0v) is 9.36. The summed E-state index contributed by atoms with van der Waals surface area (Å²) < 4.78 is 0. The van der Waals surface area contributed by atoms with Gasteiger partial charge in [-0.15, -0.1) is 0 Å². The van der Waals surface area contributed by atoms with Gasteiger partial charge in [-0.2, -0.15) is 0 Å². The van der Waals surface area contributed by atoms with Crippen LogP contribution < -0.4 is 10.6 Å². The lowest BCUT2D eigenvalue weighted by molar-refractivity contribution is 0.0958. The van der Waals surface area contributed by atoms with Gasteiger partial charge in [0.25, 0.3) is 5.91 Å². The van der Waals surface area contributed by atoms with Gasteiger partial charge in [-0.1, -0.05) is 12.8 Å². The summed E-state index contributed by atoms with van der Waals surface area (Å²) in [4.78, 5) is 19.5. The minimum Gasteiger partial charge on any atom is -0.366 e. The predicted octanol–water partition coefficient (Wildman–Crippen LogP) is 1.19. The number of hydrogen-bond donors (Lipinski definition) is 2. The highest BCUT2D eigenvalue weighted by molar-refractivity contribution is 5.91. The molecule has 0 radical (unpaired) electrons. The average molecular weight is 220 g/mol. The molecule has 5 nitrogen and oxygen atoms in total. The second-order valence-electron chi connectivity index (χ2n) is 3.99. The molecule has 1 saturated carbocycles. The first-order chi connectivity index (χ1) is 7.79. The molecule has 86 valence electrons. The fraction of sp³-hybridized carbons (Fsp3) is 0.545. The van der Waals surface area contributed by atoms with E-state index in [4.69, 9.17) is 0 Å². The summed E-state index contributed by atoms with van der Waals surface area (Å²) in [6, 6.07) is 0.514. The molecule has 1 fully saturated rings. The van der Waals surface area contributed by atoms with Gasteiger partial charge in [0, 0.05) is 13.1 Å². The number of anilines is 1. The Morgan fingerprint density at radius 1 is 1.31 bits per heavy atom. The SMILES string of the molecule is CNC(=O)c1cnc(NC2CCCC2)cn1. The molecular weight excluding hydrogens is 204 g/mol. The van der Waals surface area contributed by atoms with E-state index in [-0.39, 0.29) is 5.91 Å². The third-order valence-electron chi connectivity index (χ3n) is 2.82. The fourth-order valence-corrected chi connectivity index (χ4v) is 1.93. The first-order valence-corrected chi connectivity index (χ1v) is 5.60. The van der Waals surface area contributed by atoms with E-state index in [0.717, 1.165) is 5.82 Å². The van der Waals surface area contributed by atoms with Crippen molar-refractivity contribution in [2.75, 3.05) is 12.4 Å². The van der Waals surface area contributed by atoms with E-state index in [2.05, 4.69) is 20.6 Å². The van der Waals surface area contributed by atoms with Crippen LogP contribution in [0.15, 0.2) is 12.4 Å². The lowest BCUT2D eigenvalue weighted by Gasteiger charge is -2.11. The molecule has 1 heterocycles. The number of nitrogens with zero attached hydrogens (tertiary/aromatic N) is 2. The summed E-state index contributed by atoms with van der Waals surface area (Å²) in [6.07, 6.45) is 8.06. The second-order valence-corrected chi connectivity index (χ2v) is 3.99. The Kier molecular flexibility index (Phi) is 3.34. The van der Waals surface area contributed by atoms with Crippen LogP contribution in [0.25, 0.3) is 0 Å². The Balaban J connectivity index is 1.98. The summed E-state index contributed by atoms with van der Waals surface area (Å²) >= 11 is 0. The minimum absolute atomic E-state index is 0.208. The molecule has 0 saturated heterocycles. The summed E-state index contributed by atoms with van der Waals surface area (Å²) in [5.41, 5.74) is 0.347. The van der Waals surface area contributed by atoms with E-state index in [9.17, 15) is 4.79 Å². The standard InChI is InChI=1S/C11H16N4O/c1-12-11(16)9-6-14-10(7-13-9)15-8-4-2-3-5-8/h6-8H,2-5H2,1H3,(H,12,16)(H,14,15). The normalized spacial score (nSPS) is 16.1. The number of aromatic nitrogens is 2. The first kappa shape index (κ1) is 10.9. The fourth-order valence-electron chi connectivity index (χ4n) is 1.93. The Morgan fingerprint density at radius 2 is 2.06 bits per heavy atom. The van der Waals surface area contributed by atoms with Crippen molar-refractivity contribution in [3.05, 3.63) is 18.1 Å². The van der Waals surface area contributed by atoms with Crippen molar-refractivity contribution >= 4 is 11.7 Å². The number of rotatable bonds is 3. The quantitative estimate of drug-likeness (QED) is 0.803. The van der Waals surface area contributed by atoms with Gasteiger partial charge in [0.1, 0.15) is 11.5 Å². The molecule has 2 rings (SSSR count). The lowest BCUT2D eigenvalue weighted by atomic mass is 10.2. The van der Waals surface area contributed by atoms with Crippen LogP contribution in [0.2, 0.25) is 0 Å². The maximum Gasteiger partial charge on any atom is 0.271 e. The van der Waals surface area contributed by atoms with E-state index in [1.165, 1.54) is 31.9 Å². The Hall–Kier alpha value is -1.65. The molecule has 16 heavy (non-hydrogen) atoms. The molecular formula is C11H16N4O. The maximum absolute atomic E-state index is 11.2. The van der Waals surface area contributed by atoms with Crippen LogP contribution in [0.5, 0.6) is 0 Å². The molecule has 0 bridgehead atoms. The van der Waals surface area contributed by atoms with Gasteiger partial charge in [0.15, 0.2) is 0 Å². The van der Waals surface area contributed by atoms with E-state index in [0.29, 0.717) is 11.7 Å². The highest BCUT2D eigenvalue weighted by atomic mass is 16.1. The number of carbonyl (C=O) groups excluding carboxylic acids is 1. The topological polar surface area (TPSA) is 66.9 Å². The number of hydrogen-bond acceptors (Lipinski definition) is 4. The van der Waals surface area contributed by atoms with Crippen molar-refractivity contribution < 1.29 is 4.79 Å². The van der Waals surface area contributed by atoms with E-state index >= 15 is 0 Å². The summed E-state index contributed by atoms with van der Waals surface area (Å²) in [5, 5.41) is 5.83. The van der Waals surface area contributed by atoms with Crippen LogP contribution in [0.1, 0.15) is 36.2 Å². The molecule has 1 aromatic rings. The average Bonchev–Trinajstić information content (AvgIpc) is 2.82. The number of nitrogens with one attached hydrogen (secondary N) is 2.